The topological polar surface area (TPSA) is 38.9 Å². The molecule has 1 atom stereocenters. The molecule has 0 aliphatic rings. The fraction of sp³-hybridized carbons (Fsp3) is 0.455. The number of thiazole rings is 1. The van der Waals surface area contributed by atoms with Crippen LogP contribution < -0.4 is 0 Å². The van der Waals surface area contributed by atoms with Crippen molar-refractivity contribution in [1.82, 2.24) is 10.1 Å². The zero-order valence-corrected chi connectivity index (χ0v) is 9.75. The lowest BCUT2D eigenvalue weighted by Gasteiger charge is -2.03. The summed E-state index contributed by atoms with van der Waals surface area (Å²) in [6, 6.07) is 1.92. The van der Waals surface area contributed by atoms with Crippen LogP contribution in [0.4, 0.5) is 0 Å². The van der Waals surface area contributed by atoms with E-state index in [1.54, 1.807) is 17.5 Å². The highest BCUT2D eigenvalue weighted by Crippen LogP contribution is 2.23. The molecule has 2 aromatic rings. The lowest BCUT2D eigenvalue weighted by molar-refractivity contribution is 0.364. The molecule has 0 aromatic carbocycles. The smallest absolute Gasteiger partial charge is 0.139 e. The van der Waals surface area contributed by atoms with Crippen molar-refractivity contribution in [3.63, 3.8) is 0 Å². The average Bonchev–Trinajstić information content (AvgIpc) is 2.87. The highest BCUT2D eigenvalue weighted by atomic mass is 32.1. The number of hydrogen-bond acceptors (Lipinski definition) is 4. The number of aryl methyl sites for hydroxylation is 1. The van der Waals surface area contributed by atoms with E-state index < -0.39 is 0 Å². The van der Waals surface area contributed by atoms with Crippen molar-refractivity contribution in [2.24, 2.45) is 0 Å². The van der Waals surface area contributed by atoms with Gasteiger partial charge in [-0.05, 0) is 6.42 Å². The van der Waals surface area contributed by atoms with Crippen LogP contribution in [0.2, 0.25) is 0 Å². The fourth-order valence-electron chi connectivity index (χ4n) is 1.45. The quantitative estimate of drug-likeness (QED) is 0.798. The van der Waals surface area contributed by atoms with Gasteiger partial charge >= 0.3 is 0 Å². The van der Waals surface area contributed by atoms with Gasteiger partial charge in [0, 0.05) is 29.5 Å². The van der Waals surface area contributed by atoms with E-state index in [-0.39, 0.29) is 0 Å². The van der Waals surface area contributed by atoms with Gasteiger partial charge in [-0.25, -0.2) is 4.98 Å². The van der Waals surface area contributed by atoms with Crippen LogP contribution in [0.15, 0.2) is 23.0 Å². The standard InChI is InChI=1S/C11H14N2OS/c1-3-9-7-12-11(15-9)6-8(2)10-4-5-13-14-10/h4-5,7-8H,3,6H2,1-2H3. The van der Waals surface area contributed by atoms with Crippen LogP contribution in [0.5, 0.6) is 0 Å². The third-order valence-corrected chi connectivity index (χ3v) is 3.54. The molecule has 0 fully saturated rings. The summed E-state index contributed by atoms with van der Waals surface area (Å²) in [4.78, 5) is 5.74. The zero-order valence-electron chi connectivity index (χ0n) is 8.93. The lowest BCUT2D eigenvalue weighted by Crippen LogP contribution is -1.95. The Balaban J connectivity index is 2.02. The van der Waals surface area contributed by atoms with Crippen LogP contribution in [0.25, 0.3) is 0 Å². The molecule has 0 radical (unpaired) electrons. The predicted molar refractivity (Wildman–Crippen MR) is 60.1 cm³/mol. The summed E-state index contributed by atoms with van der Waals surface area (Å²) in [5, 5.41) is 4.89. The number of nitrogens with zero attached hydrogens (tertiary/aromatic N) is 2. The van der Waals surface area contributed by atoms with E-state index in [1.807, 2.05) is 12.3 Å². The Kier molecular flexibility index (Phi) is 3.16. The Bertz CT molecular complexity index is 408. The molecular formula is C11H14N2OS. The number of hydrogen-bond donors (Lipinski definition) is 0. The van der Waals surface area contributed by atoms with Gasteiger partial charge in [0.25, 0.3) is 0 Å². The van der Waals surface area contributed by atoms with Crippen LogP contribution >= 0.6 is 11.3 Å². The van der Waals surface area contributed by atoms with Gasteiger partial charge in [-0.15, -0.1) is 11.3 Å². The van der Waals surface area contributed by atoms with Crippen molar-refractivity contribution < 1.29 is 4.52 Å². The Morgan fingerprint density at radius 2 is 2.40 bits per heavy atom. The summed E-state index contributed by atoms with van der Waals surface area (Å²) in [5.41, 5.74) is 0. The van der Waals surface area contributed by atoms with Gasteiger partial charge < -0.3 is 4.52 Å². The predicted octanol–water partition coefficient (Wildman–Crippen LogP) is 3.04. The van der Waals surface area contributed by atoms with Gasteiger partial charge in [-0.3, -0.25) is 0 Å². The molecule has 0 aliphatic carbocycles. The summed E-state index contributed by atoms with van der Waals surface area (Å²) in [7, 11) is 0. The SMILES string of the molecule is CCc1cnc(CC(C)c2ccno2)s1. The van der Waals surface area contributed by atoms with Gasteiger partial charge in [0.05, 0.1) is 11.2 Å². The molecule has 4 heteroatoms. The van der Waals surface area contributed by atoms with E-state index in [0.717, 1.165) is 18.6 Å². The third-order valence-electron chi connectivity index (χ3n) is 2.37. The second kappa shape index (κ2) is 4.57. The lowest BCUT2D eigenvalue weighted by atomic mass is 10.1. The first-order chi connectivity index (χ1) is 7.29. The molecular weight excluding hydrogens is 208 g/mol. The van der Waals surface area contributed by atoms with Crippen molar-refractivity contribution >= 4 is 11.3 Å². The van der Waals surface area contributed by atoms with Crippen molar-refractivity contribution in [2.45, 2.75) is 32.6 Å². The minimum absolute atomic E-state index is 0.350. The summed E-state index contributed by atoms with van der Waals surface area (Å²) in [6.07, 6.45) is 5.65. The molecule has 0 bridgehead atoms. The van der Waals surface area contributed by atoms with Crippen molar-refractivity contribution in [1.29, 1.82) is 0 Å². The monoisotopic (exact) mass is 222 g/mol. The van der Waals surface area contributed by atoms with Gasteiger partial charge in [0.15, 0.2) is 0 Å². The maximum atomic E-state index is 5.13. The van der Waals surface area contributed by atoms with E-state index >= 15 is 0 Å². The molecule has 2 heterocycles. The Labute approximate surface area is 93.1 Å². The van der Waals surface area contributed by atoms with Crippen molar-refractivity contribution in [3.8, 4) is 0 Å². The van der Waals surface area contributed by atoms with Crippen LogP contribution in [-0.2, 0) is 12.8 Å². The summed E-state index contributed by atoms with van der Waals surface area (Å²) >= 11 is 1.79. The van der Waals surface area contributed by atoms with Gasteiger partial charge in [0.2, 0.25) is 0 Å². The molecule has 0 N–H and O–H groups in total. The molecule has 1 unspecified atom stereocenters. The van der Waals surface area contributed by atoms with Crippen LogP contribution in [-0.4, -0.2) is 10.1 Å². The van der Waals surface area contributed by atoms with Crippen molar-refractivity contribution in [3.05, 3.63) is 34.1 Å². The molecule has 0 amide bonds. The maximum Gasteiger partial charge on any atom is 0.139 e. The average molecular weight is 222 g/mol. The fourth-order valence-corrected chi connectivity index (χ4v) is 2.44. The molecule has 15 heavy (non-hydrogen) atoms. The summed E-state index contributed by atoms with van der Waals surface area (Å²) < 4.78 is 5.13. The van der Waals surface area contributed by atoms with Crippen LogP contribution in [0.1, 0.15) is 35.4 Å². The van der Waals surface area contributed by atoms with E-state index in [4.69, 9.17) is 4.52 Å². The normalized spacial score (nSPS) is 12.9. The molecule has 2 aromatic heterocycles. The highest BCUT2D eigenvalue weighted by Gasteiger charge is 2.12. The minimum Gasteiger partial charge on any atom is -0.361 e. The Hall–Kier alpha value is -1.16. The molecule has 0 spiro atoms. The maximum absolute atomic E-state index is 5.13. The zero-order chi connectivity index (χ0) is 10.7. The van der Waals surface area contributed by atoms with Crippen LogP contribution in [0, 0.1) is 0 Å². The Morgan fingerprint density at radius 1 is 1.53 bits per heavy atom. The first-order valence-electron chi connectivity index (χ1n) is 5.13. The second-order valence-corrected chi connectivity index (χ2v) is 4.79. The number of rotatable bonds is 4. The second-order valence-electron chi connectivity index (χ2n) is 3.59. The van der Waals surface area contributed by atoms with Gasteiger partial charge in [0.1, 0.15) is 5.76 Å². The molecule has 3 nitrogen and oxygen atoms in total. The first kappa shape index (κ1) is 10.4. The van der Waals surface area contributed by atoms with Gasteiger partial charge in [-0.1, -0.05) is 19.0 Å². The van der Waals surface area contributed by atoms with E-state index in [0.29, 0.717) is 5.92 Å². The van der Waals surface area contributed by atoms with Crippen molar-refractivity contribution in [2.75, 3.05) is 0 Å². The highest BCUT2D eigenvalue weighted by molar-refractivity contribution is 7.11. The summed E-state index contributed by atoms with van der Waals surface area (Å²) in [5.74, 6) is 1.28. The third kappa shape index (κ3) is 2.45. The first-order valence-corrected chi connectivity index (χ1v) is 5.95. The number of aromatic nitrogens is 2. The largest absolute Gasteiger partial charge is 0.361 e. The molecule has 80 valence electrons. The van der Waals surface area contributed by atoms with Crippen LogP contribution in [0.3, 0.4) is 0 Å². The Morgan fingerprint density at radius 3 is 3.00 bits per heavy atom. The van der Waals surface area contributed by atoms with Gasteiger partial charge in [-0.2, -0.15) is 0 Å². The molecule has 0 saturated carbocycles. The summed E-state index contributed by atoms with van der Waals surface area (Å²) in [6.45, 7) is 4.28. The van der Waals surface area contributed by atoms with E-state index in [1.165, 1.54) is 9.88 Å². The molecule has 0 aliphatic heterocycles. The molecule has 2 rings (SSSR count). The minimum atomic E-state index is 0.350. The molecule has 0 saturated heterocycles. The van der Waals surface area contributed by atoms with E-state index in [9.17, 15) is 0 Å². The van der Waals surface area contributed by atoms with E-state index in [2.05, 4.69) is 24.0 Å².